The second-order valence-electron chi connectivity index (χ2n) is 4.30. The van der Waals surface area contributed by atoms with Crippen molar-refractivity contribution in [3.63, 3.8) is 0 Å². The van der Waals surface area contributed by atoms with Gasteiger partial charge in [0.05, 0.1) is 0 Å². The van der Waals surface area contributed by atoms with Crippen LogP contribution in [0.15, 0.2) is 52.1 Å². The summed E-state index contributed by atoms with van der Waals surface area (Å²) in [6.07, 6.45) is 4.24. The highest BCUT2D eigenvalue weighted by atomic mass is 79.9. The summed E-state index contributed by atoms with van der Waals surface area (Å²) in [6, 6.07) is 10.1. The van der Waals surface area contributed by atoms with E-state index >= 15 is 0 Å². The molecule has 0 saturated heterocycles. The molecule has 0 amide bonds. The Morgan fingerprint density at radius 3 is 2.63 bits per heavy atom. The molecule has 3 nitrogen and oxygen atoms in total. The summed E-state index contributed by atoms with van der Waals surface area (Å²) >= 11 is 5.18. The van der Waals surface area contributed by atoms with Gasteiger partial charge >= 0.3 is 0 Å². The number of nitrogen functional groups attached to an aromatic ring is 1. The van der Waals surface area contributed by atoms with Crippen LogP contribution in [0.5, 0.6) is 0 Å². The zero-order valence-corrected chi connectivity index (χ0v) is 12.8. The minimum Gasteiger partial charge on any atom is -0.398 e. The van der Waals surface area contributed by atoms with Crippen molar-refractivity contribution in [2.75, 3.05) is 11.5 Å². The van der Waals surface area contributed by atoms with Gasteiger partial charge in [-0.05, 0) is 42.3 Å². The SMILES string of the molecule is Nc1ccncc1CC(N)CSc1ccc(Br)cc1. The van der Waals surface area contributed by atoms with E-state index in [-0.39, 0.29) is 6.04 Å². The Kier molecular flexibility index (Phi) is 5.24. The first-order valence-electron chi connectivity index (χ1n) is 5.97. The molecular formula is C14H16BrN3S. The quantitative estimate of drug-likeness (QED) is 0.823. The molecule has 4 N–H and O–H groups in total. The molecule has 1 atom stereocenters. The van der Waals surface area contributed by atoms with Gasteiger partial charge in [0.2, 0.25) is 0 Å². The molecule has 0 bridgehead atoms. The van der Waals surface area contributed by atoms with Crippen molar-refractivity contribution in [3.05, 3.63) is 52.8 Å². The Morgan fingerprint density at radius 1 is 1.21 bits per heavy atom. The first kappa shape index (κ1) is 14.4. The number of halogens is 1. The molecule has 1 unspecified atom stereocenters. The topological polar surface area (TPSA) is 64.9 Å². The molecule has 1 heterocycles. The molecule has 0 fully saturated rings. The highest BCUT2D eigenvalue weighted by molar-refractivity contribution is 9.10. The average Bonchev–Trinajstić information content (AvgIpc) is 2.41. The molecule has 0 aliphatic rings. The lowest BCUT2D eigenvalue weighted by Gasteiger charge is -2.12. The highest BCUT2D eigenvalue weighted by Crippen LogP contribution is 2.22. The van der Waals surface area contributed by atoms with E-state index in [9.17, 15) is 0 Å². The molecule has 1 aromatic heterocycles. The molecule has 19 heavy (non-hydrogen) atoms. The van der Waals surface area contributed by atoms with Crippen LogP contribution >= 0.6 is 27.7 Å². The van der Waals surface area contributed by atoms with E-state index < -0.39 is 0 Å². The number of nitrogens with two attached hydrogens (primary N) is 2. The third kappa shape index (κ3) is 4.53. The Bertz CT molecular complexity index is 530. The van der Waals surface area contributed by atoms with E-state index in [1.165, 1.54) is 4.90 Å². The highest BCUT2D eigenvalue weighted by Gasteiger charge is 2.07. The second-order valence-corrected chi connectivity index (χ2v) is 6.31. The number of pyridine rings is 1. The lowest BCUT2D eigenvalue weighted by molar-refractivity contribution is 0.747. The monoisotopic (exact) mass is 337 g/mol. The van der Waals surface area contributed by atoms with E-state index in [1.807, 2.05) is 18.2 Å². The predicted molar refractivity (Wildman–Crippen MR) is 85.2 cm³/mol. The number of hydrogen-bond donors (Lipinski definition) is 2. The maximum absolute atomic E-state index is 6.14. The van der Waals surface area contributed by atoms with Crippen LogP contribution in [0.2, 0.25) is 0 Å². The van der Waals surface area contributed by atoms with E-state index in [2.05, 4.69) is 33.0 Å². The van der Waals surface area contributed by atoms with E-state index in [0.29, 0.717) is 0 Å². The smallest absolute Gasteiger partial charge is 0.0378 e. The second kappa shape index (κ2) is 6.93. The van der Waals surface area contributed by atoms with Gasteiger partial charge in [0.25, 0.3) is 0 Å². The van der Waals surface area contributed by atoms with Crippen LogP contribution < -0.4 is 11.5 Å². The van der Waals surface area contributed by atoms with Crippen molar-refractivity contribution >= 4 is 33.4 Å². The van der Waals surface area contributed by atoms with Crippen LogP contribution in [0.25, 0.3) is 0 Å². The summed E-state index contributed by atoms with van der Waals surface area (Å²) in [7, 11) is 0. The number of nitrogens with zero attached hydrogens (tertiary/aromatic N) is 1. The molecular weight excluding hydrogens is 322 g/mol. The Hall–Kier alpha value is -1.04. The molecule has 2 rings (SSSR count). The zero-order valence-electron chi connectivity index (χ0n) is 10.4. The maximum atomic E-state index is 6.14. The maximum Gasteiger partial charge on any atom is 0.0378 e. The fourth-order valence-corrected chi connectivity index (χ4v) is 2.80. The van der Waals surface area contributed by atoms with Gasteiger partial charge in [0.1, 0.15) is 0 Å². The summed E-state index contributed by atoms with van der Waals surface area (Å²) in [4.78, 5) is 5.30. The number of benzene rings is 1. The summed E-state index contributed by atoms with van der Waals surface area (Å²) in [5, 5.41) is 0. The van der Waals surface area contributed by atoms with Crippen LogP contribution in [0.1, 0.15) is 5.56 Å². The third-order valence-electron chi connectivity index (χ3n) is 2.70. The lowest BCUT2D eigenvalue weighted by Crippen LogP contribution is -2.26. The number of anilines is 1. The average molecular weight is 338 g/mol. The molecule has 0 spiro atoms. The molecule has 2 aromatic rings. The predicted octanol–water partition coefficient (Wildman–Crippen LogP) is 3.09. The molecule has 0 radical (unpaired) electrons. The van der Waals surface area contributed by atoms with Crippen molar-refractivity contribution < 1.29 is 0 Å². The summed E-state index contributed by atoms with van der Waals surface area (Å²) in [5.41, 5.74) is 13.8. The van der Waals surface area contributed by atoms with Crippen molar-refractivity contribution in [2.24, 2.45) is 5.73 Å². The van der Waals surface area contributed by atoms with Crippen LogP contribution in [0.3, 0.4) is 0 Å². The van der Waals surface area contributed by atoms with Crippen LogP contribution in [-0.4, -0.2) is 16.8 Å². The molecule has 5 heteroatoms. The number of rotatable bonds is 5. The summed E-state index contributed by atoms with van der Waals surface area (Å²) in [5.74, 6) is 0.857. The van der Waals surface area contributed by atoms with Gasteiger partial charge in [-0.15, -0.1) is 11.8 Å². The summed E-state index contributed by atoms with van der Waals surface area (Å²) < 4.78 is 1.09. The number of thioether (sulfide) groups is 1. The van der Waals surface area contributed by atoms with Gasteiger partial charge in [0, 0.05) is 39.2 Å². The van der Waals surface area contributed by atoms with E-state index in [1.54, 1.807) is 24.2 Å². The molecule has 0 saturated carbocycles. The standard InChI is InChI=1S/C14H16BrN3S/c15-11-1-3-13(4-2-11)19-9-12(16)7-10-8-18-6-5-14(10)17/h1-6,8,12H,7,9,16H2,(H2,17,18). The number of aromatic nitrogens is 1. The fraction of sp³-hybridized carbons (Fsp3) is 0.214. The van der Waals surface area contributed by atoms with Crippen molar-refractivity contribution in [1.82, 2.24) is 4.98 Å². The minimum absolute atomic E-state index is 0.0696. The lowest BCUT2D eigenvalue weighted by atomic mass is 10.1. The molecule has 0 aliphatic heterocycles. The van der Waals surface area contributed by atoms with Crippen LogP contribution in [0, 0.1) is 0 Å². The zero-order chi connectivity index (χ0) is 13.7. The molecule has 0 aliphatic carbocycles. The van der Waals surface area contributed by atoms with Crippen molar-refractivity contribution in [1.29, 1.82) is 0 Å². The summed E-state index contributed by atoms with van der Waals surface area (Å²) in [6.45, 7) is 0. The van der Waals surface area contributed by atoms with E-state index in [4.69, 9.17) is 11.5 Å². The van der Waals surface area contributed by atoms with Crippen LogP contribution in [0.4, 0.5) is 5.69 Å². The normalized spacial score (nSPS) is 12.3. The fourth-order valence-electron chi connectivity index (χ4n) is 1.68. The van der Waals surface area contributed by atoms with Crippen molar-refractivity contribution in [2.45, 2.75) is 17.4 Å². The first-order valence-corrected chi connectivity index (χ1v) is 7.75. The van der Waals surface area contributed by atoms with Gasteiger partial charge in [-0.25, -0.2) is 0 Å². The van der Waals surface area contributed by atoms with Crippen molar-refractivity contribution in [3.8, 4) is 0 Å². The van der Waals surface area contributed by atoms with Gasteiger partial charge in [-0.3, -0.25) is 4.98 Å². The van der Waals surface area contributed by atoms with Crippen LogP contribution in [-0.2, 0) is 6.42 Å². The number of hydrogen-bond acceptors (Lipinski definition) is 4. The van der Waals surface area contributed by atoms with Gasteiger partial charge in [0.15, 0.2) is 0 Å². The Balaban J connectivity index is 1.86. The first-order chi connectivity index (χ1) is 9.15. The Morgan fingerprint density at radius 2 is 1.95 bits per heavy atom. The molecule has 1 aromatic carbocycles. The van der Waals surface area contributed by atoms with Gasteiger partial charge in [-0.2, -0.15) is 0 Å². The van der Waals surface area contributed by atoms with Gasteiger partial charge < -0.3 is 11.5 Å². The molecule has 100 valence electrons. The largest absolute Gasteiger partial charge is 0.398 e. The van der Waals surface area contributed by atoms with Gasteiger partial charge in [-0.1, -0.05) is 15.9 Å². The van der Waals surface area contributed by atoms with E-state index in [0.717, 1.165) is 27.9 Å². The minimum atomic E-state index is 0.0696. The Labute approximate surface area is 125 Å². The third-order valence-corrected chi connectivity index (χ3v) is 4.43.